The molecule has 146 valence electrons. The monoisotopic (exact) mass is 416 g/mol. The molecule has 0 bridgehead atoms. The molecule has 7 heteroatoms. The number of nitrogens with zero attached hydrogens (tertiary/aromatic N) is 4. The van der Waals surface area contributed by atoms with Gasteiger partial charge in [-0.05, 0) is 47.0 Å². The van der Waals surface area contributed by atoms with Crippen molar-refractivity contribution < 1.29 is 5.11 Å². The summed E-state index contributed by atoms with van der Waals surface area (Å²) in [4.78, 5) is 11.1. The zero-order chi connectivity index (χ0) is 18.1. The SMILES string of the molecule is CN(C)c1ccc(-c2cn3cc(-c4cccc(CO)c4)ccc3n2)cn1.Cl.Cl. The summed E-state index contributed by atoms with van der Waals surface area (Å²) < 4.78 is 2.02. The number of pyridine rings is 2. The normalized spacial score (nSPS) is 10.2. The van der Waals surface area contributed by atoms with Gasteiger partial charge < -0.3 is 14.4 Å². The highest BCUT2D eigenvalue weighted by atomic mass is 35.5. The van der Waals surface area contributed by atoms with Crippen molar-refractivity contribution in [2.45, 2.75) is 6.61 Å². The molecule has 0 spiro atoms. The highest BCUT2D eigenvalue weighted by Gasteiger charge is 2.07. The molecule has 4 aromatic rings. The van der Waals surface area contributed by atoms with Gasteiger partial charge in [-0.1, -0.05) is 18.2 Å². The Bertz CT molecular complexity index is 1060. The van der Waals surface area contributed by atoms with Crippen LogP contribution in [0.5, 0.6) is 0 Å². The maximum atomic E-state index is 9.34. The highest BCUT2D eigenvalue weighted by molar-refractivity contribution is 5.85. The number of aromatic nitrogens is 3. The van der Waals surface area contributed by atoms with E-state index in [2.05, 4.69) is 17.2 Å². The summed E-state index contributed by atoms with van der Waals surface area (Å²) in [7, 11) is 3.94. The molecule has 3 heterocycles. The lowest BCUT2D eigenvalue weighted by Crippen LogP contribution is -2.09. The first-order valence-electron chi connectivity index (χ1n) is 8.47. The minimum Gasteiger partial charge on any atom is -0.392 e. The number of hydrogen-bond acceptors (Lipinski definition) is 4. The van der Waals surface area contributed by atoms with Crippen molar-refractivity contribution in [3.05, 3.63) is 72.7 Å². The summed E-state index contributed by atoms with van der Waals surface area (Å²) in [5.74, 6) is 0.920. The van der Waals surface area contributed by atoms with Gasteiger partial charge in [0.2, 0.25) is 0 Å². The predicted molar refractivity (Wildman–Crippen MR) is 119 cm³/mol. The van der Waals surface area contributed by atoms with Crippen LogP contribution in [-0.2, 0) is 6.61 Å². The number of aliphatic hydroxyl groups excluding tert-OH is 1. The number of benzene rings is 1. The molecule has 1 aromatic carbocycles. The van der Waals surface area contributed by atoms with Gasteiger partial charge in [0.1, 0.15) is 11.5 Å². The standard InChI is InChI=1S/C21H20N4O.2ClH/c1-24(2)20-8-6-17(11-22-20)19-13-25-12-18(7-9-21(25)23-19)16-5-3-4-15(10-16)14-26;;/h3-13,26H,14H2,1-2H3;2*1H. The summed E-state index contributed by atoms with van der Waals surface area (Å²) in [6.45, 7) is 0.0429. The van der Waals surface area contributed by atoms with Crippen LogP contribution in [0.4, 0.5) is 5.82 Å². The van der Waals surface area contributed by atoms with Crippen molar-refractivity contribution in [1.82, 2.24) is 14.4 Å². The quantitative estimate of drug-likeness (QED) is 0.533. The lowest BCUT2D eigenvalue weighted by atomic mass is 10.1. The molecule has 0 radical (unpaired) electrons. The largest absolute Gasteiger partial charge is 0.392 e. The van der Waals surface area contributed by atoms with Crippen LogP contribution in [0.1, 0.15) is 5.56 Å². The van der Waals surface area contributed by atoms with Crippen LogP contribution < -0.4 is 4.90 Å². The molecule has 0 saturated heterocycles. The molecule has 1 N–H and O–H groups in total. The number of anilines is 1. The van der Waals surface area contributed by atoms with Crippen molar-refractivity contribution in [1.29, 1.82) is 0 Å². The fourth-order valence-electron chi connectivity index (χ4n) is 2.95. The van der Waals surface area contributed by atoms with Crippen molar-refractivity contribution in [2.24, 2.45) is 0 Å². The Labute approximate surface area is 176 Å². The van der Waals surface area contributed by atoms with Gasteiger partial charge in [-0.3, -0.25) is 0 Å². The van der Waals surface area contributed by atoms with Crippen LogP contribution in [0.15, 0.2) is 67.1 Å². The Morgan fingerprint density at radius 3 is 2.39 bits per heavy atom. The van der Waals surface area contributed by atoms with Gasteiger partial charge in [-0.15, -0.1) is 24.8 Å². The van der Waals surface area contributed by atoms with Gasteiger partial charge >= 0.3 is 0 Å². The Morgan fingerprint density at radius 2 is 1.71 bits per heavy atom. The van der Waals surface area contributed by atoms with Crippen LogP contribution in [0.3, 0.4) is 0 Å². The van der Waals surface area contributed by atoms with E-state index < -0.39 is 0 Å². The third kappa shape index (κ3) is 4.28. The minimum atomic E-state index is 0. The summed E-state index contributed by atoms with van der Waals surface area (Å²) in [6.07, 6.45) is 5.92. The lowest BCUT2D eigenvalue weighted by Gasteiger charge is -2.10. The summed E-state index contributed by atoms with van der Waals surface area (Å²) in [6, 6.07) is 16.0. The maximum absolute atomic E-state index is 9.34. The molecule has 0 aliphatic rings. The van der Waals surface area contributed by atoms with Crippen LogP contribution in [0.2, 0.25) is 0 Å². The van der Waals surface area contributed by atoms with Gasteiger partial charge in [0.05, 0.1) is 12.3 Å². The molecular weight excluding hydrogens is 395 g/mol. The third-order valence-corrected chi connectivity index (χ3v) is 4.40. The van der Waals surface area contributed by atoms with E-state index in [-0.39, 0.29) is 31.4 Å². The molecule has 3 aromatic heterocycles. The average Bonchev–Trinajstić information content (AvgIpc) is 3.11. The molecule has 5 nitrogen and oxygen atoms in total. The first kappa shape index (κ1) is 21.7. The Hall–Kier alpha value is -2.60. The second-order valence-electron chi connectivity index (χ2n) is 6.47. The topological polar surface area (TPSA) is 53.7 Å². The molecular formula is C21H22Cl2N4O. The number of imidazole rings is 1. The van der Waals surface area contributed by atoms with E-state index in [0.717, 1.165) is 39.4 Å². The van der Waals surface area contributed by atoms with Crippen LogP contribution in [0.25, 0.3) is 28.0 Å². The second-order valence-corrected chi connectivity index (χ2v) is 6.47. The van der Waals surface area contributed by atoms with Crippen LogP contribution in [-0.4, -0.2) is 33.6 Å². The molecule has 0 aliphatic heterocycles. The van der Waals surface area contributed by atoms with Crippen molar-refractivity contribution in [3.8, 4) is 22.4 Å². The third-order valence-electron chi connectivity index (χ3n) is 4.40. The molecule has 4 rings (SSSR count). The Kier molecular flexibility index (Phi) is 7.02. The van der Waals surface area contributed by atoms with E-state index in [4.69, 9.17) is 4.98 Å². The van der Waals surface area contributed by atoms with Crippen LogP contribution >= 0.6 is 24.8 Å². The van der Waals surface area contributed by atoms with Gasteiger partial charge in [-0.2, -0.15) is 0 Å². The second kappa shape index (κ2) is 9.06. The van der Waals surface area contributed by atoms with Crippen molar-refractivity contribution >= 4 is 36.3 Å². The van der Waals surface area contributed by atoms with E-state index in [1.54, 1.807) is 0 Å². The van der Waals surface area contributed by atoms with E-state index >= 15 is 0 Å². The summed E-state index contributed by atoms with van der Waals surface area (Å²) >= 11 is 0. The number of rotatable bonds is 4. The Morgan fingerprint density at radius 1 is 0.929 bits per heavy atom. The number of fused-ring (bicyclic) bond motifs is 1. The fourth-order valence-corrected chi connectivity index (χ4v) is 2.95. The number of halogens is 2. The van der Waals surface area contributed by atoms with E-state index in [0.29, 0.717) is 0 Å². The van der Waals surface area contributed by atoms with E-state index in [1.807, 2.05) is 78.3 Å². The zero-order valence-corrected chi connectivity index (χ0v) is 17.2. The molecule has 0 aliphatic carbocycles. The fraction of sp³-hybridized carbons (Fsp3) is 0.143. The van der Waals surface area contributed by atoms with Crippen molar-refractivity contribution in [3.63, 3.8) is 0 Å². The highest BCUT2D eigenvalue weighted by Crippen LogP contribution is 2.24. The maximum Gasteiger partial charge on any atom is 0.137 e. The summed E-state index contributed by atoms with van der Waals surface area (Å²) in [5.41, 5.74) is 5.83. The van der Waals surface area contributed by atoms with Gasteiger partial charge in [0, 0.05) is 38.2 Å². The van der Waals surface area contributed by atoms with E-state index in [1.165, 1.54) is 0 Å². The minimum absolute atomic E-state index is 0. The number of aliphatic hydroxyl groups is 1. The zero-order valence-electron chi connectivity index (χ0n) is 15.6. The molecule has 28 heavy (non-hydrogen) atoms. The lowest BCUT2D eigenvalue weighted by molar-refractivity contribution is 0.282. The predicted octanol–water partition coefficient (Wildman–Crippen LogP) is 4.47. The molecule has 0 saturated carbocycles. The number of hydrogen-bond donors (Lipinski definition) is 1. The first-order chi connectivity index (χ1) is 12.6. The van der Waals surface area contributed by atoms with Gasteiger partial charge in [-0.25, -0.2) is 9.97 Å². The first-order valence-corrected chi connectivity index (χ1v) is 8.47. The summed E-state index contributed by atoms with van der Waals surface area (Å²) in [5, 5.41) is 9.34. The van der Waals surface area contributed by atoms with Gasteiger partial charge in [0.25, 0.3) is 0 Å². The molecule has 0 fully saturated rings. The Balaban J connectivity index is 0.00000140. The van der Waals surface area contributed by atoms with Crippen LogP contribution in [0, 0.1) is 0 Å². The van der Waals surface area contributed by atoms with E-state index in [9.17, 15) is 5.11 Å². The molecule has 0 amide bonds. The smallest absolute Gasteiger partial charge is 0.137 e. The van der Waals surface area contributed by atoms with Crippen molar-refractivity contribution in [2.75, 3.05) is 19.0 Å². The molecule has 0 atom stereocenters. The average molecular weight is 417 g/mol. The van der Waals surface area contributed by atoms with Gasteiger partial charge in [0.15, 0.2) is 0 Å². The molecule has 0 unspecified atom stereocenters.